The van der Waals surface area contributed by atoms with Crippen LogP contribution in [0.2, 0.25) is 0 Å². The number of nitriles is 1. The van der Waals surface area contributed by atoms with E-state index in [9.17, 15) is 0 Å². The number of anilines is 1. The maximum absolute atomic E-state index is 9.13. The smallest absolute Gasteiger partial charge is 0.166 e. The van der Waals surface area contributed by atoms with E-state index >= 15 is 0 Å². The molecule has 0 aliphatic carbocycles. The summed E-state index contributed by atoms with van der Waals surface area (Å²) >= 11 is 0. The van der Waals surface area contributed by atoms with E-state index in [1.807, 2.05) is 19.9 Å². The van der Waals surface area contributed by atoms with Crippen molar-refractivity contribution in [2.24, 2.45) is 5.92 Å². The first-order valence-corrected chi connectivity index (χ1v) is 4.78. The maximum Gasteiger partial charge on any atom is 0.166 e. The number of aliphatic hydroxyl groups is 1. The molecule has 0 aromatic carbocycles. The van der Waals surface area contributed by atoms with Crippen molar-refractivity contribution in [1.82, 2.24) is 10.2 Å². The van der Waals surface area contributed by atoms with Gasteiger partial charge in [-0.1, -0.05) is 13.8 Å². The van der Waals surface area contributed by atoms with Crippen molar-refractivity contribution < 1.29 is 5.11 Å². The van der Waals surface area contributed by atoms with Crippen molar-refractivity contribution >= 4 is 5.82 Å². The molecule has 1 atom stereocenters. The van der Waals surface area contributed by atoms with Gasteiger partial charge in [-0.3, -0.25) is 0 Å². The quantitative estimate of drug-likeness (QED) is 0.760. The van der Waals surface area contributed by atoms with Gasteiger partial charge in [-0.15, -0.1) is 5.10 Å². The van der Waals surface area contributed by atoms with E-state index in [1.54, 1.807) is 6.07 Å². The molecule has 0 fully saturated rings. The Kier molecular flexibility index (Phi) is 4.01. The van der Waals surface area contributed by atoms with Gasteiger partial charge in [-0.25, -0.2) is 0 Å². The van der Waals surface area contributed by atoms with Crippen LogP contribution in [0.3, 0.4) is 0 Å². The Bertz CT molecular complexity index is 359. The highest BCUT2D eigenvalue weighted by molar-refractivity contribution is 5.50. The van der Waals surface area contributed by atoms with Gasteiger partial charge in [-0.2, -0.15) is 10.4 Å². The van der Waals surface area contributed by atoms with Gasteiger partial charge in [-0.05, 0) is 12.0 Å². The zero-order valence-corrected chi connectivity index (χ0v) is 8.81. The number of aromatic nitrogens is 2. The van der Waals surface area contributed by atoms with Crippen molar-refractivity contribution in [1.29, 1.82) is 5.26 Å². The SMILES string of the molecule is CC(C)C(CO)Nc1nnccc1C#N. The fourth-order valence-corrected chi connectivity index (χ4v) is 1.13. The summed E-state index contributed by atoms with van der Waals surface area (Å²) in [5, 5.41) is 28.5. The van der Waals surface area contributed by atoms with Crippen LogP contribution < -0.4 is 5.32 Å². The van der Waals surface area contributed by atoms with E-state index in [2.05, 4.69) is 15.5 Å². The molecule has 0 bridgehead atoms. The number of rotatable bonds is 4. The van der Waals surface area contributed by atoms with Crippen molar-refractivity contribution in [2.75, 3.05) is 11.9 Å². The summed E-state index contributed by atoms with van der Waals surface area (Å²) in [6, 6.07) is 3.49. The average molecular weight is 206 g/mol. The zero-order valence-electron chi connectivity index (χ0n) is 8.81. The van der Waals surface area contributed by atoms with Crippen LogP contribution in [0, 0.1) is 17.2 Å². The zero-order chi connectivity index (χ0) is 11.3. The van der Waals surface area contributed by atoms with Gasteiger partial charge in [0, 0.05) is 0 Å². The highest BCUT2D eigenvalue weighted by Gasteiger charge is 2.14. The maximum atomic E-state index is 9.13. The molecule has 5 heteroatoms. The first kappa shape index (κ1) is 11.4. The summed E-state index contributed by atoms with van der Waals surface area (Å²) < 4.78 is 0. The average Bonchev–Trinajstić information content (AvgIpc) is 2.25. The molecule has 15 heavy (non-hydrogen) atoms. The molecule has 0 saturated carbocycles. The molecule has 1 rings (SSSR count). The molecule has 0 aliphatic heterocycles. The lowest BCUT2D eigenvalue weighted by atomic mass is 10.1. The van der Waals surface area contributed by atoms with Crippen LogP contribution in [0.5, 0.6) is 0 Å². The van der Waals surface area contributed by atoms with Crippen LogP contribution in [-0.2, 0) is 0 Å². The van der Waals surface area contributed by atoms with Crippen molar-refractivity contribution in [2.45, 2.75) is 19.9 Å². The molecule has 0 saturated heterocycles. The molecular weight excluding hydrogens is 192 g/mol. The normalized spacial score (nSPS) is 12.2. The van der Waals surface area contributed by atoms with E-state index in [0.717, 1.165) is 0 Å². The van der Waals surface area contributed by atoms with Crippen LogP contribution in [0.4, 0.5) is 5.82 Å². The van der Waals surface area contributed by atoms with E-state index in [1.165, 1.54) is 6.20 Å². The molecule has 0 spiro atoms. The summed E-state index contributed by atoms with van der Waals surface area (Å²) in [5.41, 5.74) is 0.434. The van der Waals surface area contributed by atoms with Crippen LogP contribution >= 0.6 is 0 Å². The van der Waals surface area contributed by atoms with E-state index in [0.29, 0.717) is 11.4 Å². The number of hydrogen-bond acceptors (Lipinski definition) is 5. The molecule has 1 heterocycles. The largest absolute Gasteiger partial charge is 0.394 e. The topological polar surface area (TPSA) is 81.8 Å². The first-order chi connectivity index (χ1) is 7.19. The predicted octanol–water partition coefficient (Wildman–Crippen LogP) is 0.777. The molecule has 1 unspecified atom stereocenters. The molecule has 5 nitrogen and oxygen atoms in total. The molecule has 1 aromatic rings. The number of nitrogens with one attached hydrogen (secondary N) is 1. The summed E-state index contributed by atoms with van der Waals surface area (Å²) in [5.74, 6) is 0.677. The Morgan fingerprint density at radius 2 is 2.33 bits per heavy atom. The van der Waals surface area contributed by atoms with Crippen LogP contribution in [0.15, 0.2) is 12.3 Å². The van der Waals surface area contributed by atoms with Crippen LogP contribution in [0.1, 0.15) is 19.4 Å². The third kappa shape index (κ3) is 2.89. The van der Waals surface area contributed by atoms with E-state index in [4.69, 9.17) is 10.4 Å². The summed E-state index contributed by atoms with van der Waals surface area (Å²) in [7, 11) is 0. The van der Waals surface area contributed by atoms with Gasteiger partial charge in [0.1, 0.15) is 6.07 Å². The van der Waals surface area contributed by atoms with E-state index in [-0.39, 0.29) is 18.6 Å². The first-order valence-electron chi connectivity index (χ1n) is 4.78. The third-order valence-corrected chi connectivity index (χ3v) is 2.16. The lowest BCUT2D eigenvalue weighted by Crippen LogP contribution is -2.30. The number of hydrogen-bond donors (Lipinski definition) is 2. The lowest BCUT2D eigenvalue weighted by molar-refractivity contribution is 0.249. The molecule has 0 aliphatic rings. The third-order valence-electron chi connectivity index (χ3n) is 2.16. The monoisotopic (exact) mass is 206 g/mol. The van der Waals surface area contributed by atoms with Gasteiger partial charge >= 0.3 is 0 Å². The highest BCUT2D eigenvalue weighted by Crippen LogP contribution is 2.13. The summed E-state index contributed by atoms with van der Waals surface area (Å²) in [6.07, 6.45) is 1.47. The minimum absolute atomic E-state index is 0.000883. The van der Waals surface area contributed by atoms with Gasteiger partial charge in [0.05, 0.1) is 24.4 Å². The molecule has 2 N–H and O–H groups in total. The Hall–Kier alpha value is -1.67. The second-order valence-electron chi connectivity index (χ2n) is 3.58. The van der Waals surface area contributed by atoms with E-state index < -0.39 is 0 Å². The Morgan fingerprint density at radius 1 is 1.60 bits per heavy atom. The van der Waals surface area contributed by atoms with Gasteiger partial charge < -0.3 is 10.4 Å². The number of nitrogens with zero attached hydrogens (tertiary/aromatic N) is 3. The Balaban J connectivity index is 2.84. The molecule has 1 aromatic heterocycles. The van der Waals surface area contributed by atoms with Gasteiger partial charge in [0.25, 0.3) is 0 Å². The second-order valence-corrected chi connectivity index (χ2v) is 3.58. The Labute approximate surface area is 88.8 Å². The molecular formula is C10H14N4O. The lowest BCUT2D eigenvalue weighted by Gasteiger charge is -2.20. The van der Waals surface area contributed by atoms with Crippen LogP contribution in [-0.4, -0.2) is 28.0 Å². The van der Waals surface area contributed by atoms with Crippen molar-refractivity contribution in [3.05, 3.63) is 17.8 Å². The van der Waals surface area contributed by atoms with Crippen molar-refractivity contribution in [3.63, 3.8) is 0 Å². The molecule has 0 radical (unpaired) electrons. The second kappa shape index (κ2) is 5.27. The van der Waals surface area contributed by atoms with Crippen LogP contribution in [0.25, 0.3) is 0 Å². The molecule has 80 valence electrons. The summed E-state index contributed by atoms with van der Waals surface area (Å²) in [6.45, 7) is 3.96. The fourth-order valence-electron chi connectivity index (χ4n) is 1.13. The summed E-state index contributed by atoms with van der Waals surface area (Å²) in [4.78, 5) is 0. The fraction of sp³-hybridized carbons (Fsp3) is 0.500. The van der Waals surface area contributed by atoms with Gasteiger partial charge in [0.15, 0.2) is 5.82 Å². The highest BCUT2D eigenvalue weighted by atomic mass is 16.3. The predicted molar refractivity (Wildman–Crippen MR) is 56.1 cm³/mol. The minimum Gasteiger partial charge on any atom is -0.394 e. The van der Waals surface area contributed by atoms with Gasteiger partial charge in [0.2, 0.25) is 0 Å². The molecule has 0 amide bonds. The standard InChI is InChI=1S/C10H14N4O/c1-7(2)9(6-15)13-10-8(5-11)3-4-12-14-10/h3-4,7,9,15H,6H2,1-2H3,(H,13,14). The Morgan fingerprint density at radius 3 is 2.87 bits per heavy atom. The van der Waals surface area contributed by atoms with Crippen molar-refractivity contribution in [3.8, 4) is 6.07 Å². The minimum atomic E-state index is -0.117. The number of aliphatic hydroxyl groups excluding tert-OH is 1.